The first-order valence-electron chi connectivity index (χ1n) is 6.36. The number of unbranched alkanes of at least 4 members (excludes halogenated alkanes) is 2. The van der Waals surface area contributed by atoms with E-state index in [0.717, 1.165) is 37.3 Å². The molecule has 0 aliphatic rings. The molecule has 0 spiro atoms. The second-order valence-corrected chi connectivity index (χ2v) is 4.61. The summed E-state index contributed by atoms with van der Waals surface area (Å²) in [4.78, 5) is 3.91. The van der Waals surface area contributed by atoms with Gasteiger partial charge in [0.05, 0.1) is 0 Å². The summed E-state index contributed by atoms with van der Waals surface area (Å²) in [5.41, 5.74) is 1.28. The van der Waals surface area contributed by atoms with E-state index < -0.39 is 0 Å². The van der Waals surface area contributed by atoms with Crippen LogP contribution in [-0.2, 0) is 6.42 Å². The maximum absolute atomic E-state index is 8.46. The van der Waals surface area contributed by atoms with E-state index in [-0.39, 0.29) is 0 Å². The third-order valence-electron chi connectivity index (χ3n) is 2.72. The van der Waals surface area contributed by atoms with Crippen molar-refractivity contribution < 1.29 is 0 Å². The molecule has 1 aromatic carbocycles. The predicted octanol–water partition coefficient (Wildman–Crippen LogP) is 2.70. The van der Waals surface area contributed by atoms with Gasteiger partial charge in [-0.3, -0.25) is 10.3 Å². The summed E-state index contributed by atoms with van der Waals surface area (Å²) < 4.78 is 0. The molecular weight excluding hydrogens is 260 g/mol. The van der Waals surface area contributed by atoms with Crippen molar-refractivity contribution in [2.24, 2.45) is 4.99 Å². The van der Waals surface area contributed by atoms with Crippen molar-refractivity contribution in [3.05, 3.63) is 34.9 Å². The first kappa shape index (κ1) is 15.3. The smallest absolute Gasteiger partial charge is 0.204 e. The van der Waals surface area contributed by atoms with Crippen LogP contribution in [0.15, 0.2) is 29.3 Å². The van der Waals surface area contributed by atoms with Gasteiger partial charge in [0.2, 0.25) is 5.96 Å². The Bertz CT molecular complexity index is 451. The van der Waals surface area contributed by atoms with Gasteiger partial charge in [-0.2, -0.15) is 5.26 Å². The van der Waals surface area contributed by atoms with Gasteiger partial charge in [0, 0.05) is 18.6 Å². The number of nitrogens with one attached hydrogen (secondary N) is 2. The highest BCUT2D eigenvalue weighted by atomic mass is 35.5. The second kappa shape index (κ2) is 9.23. The first-order valence-corrected chi connectivity index (χ1v) is 6.74. The lowest BCUT2D eigenvalue weighted by Gasteiger charge is -2.06. The van der Waals surface area contributed by atoms with Gasteiger partial charge in [-0.25, -0.2) is 0 Å². The van der Waals surface area contributed by atoms with Gasteiger partial charge in [-0.15, -0.1) is 0 Å². The van der Waals surface area contributed by atoms with Crippen LogP contribution in [0.2, 0.25) is 5.02 Å². The zero-order chi connectivity index (χ0) is 13.9. The van der Waals surface area contributed by atoms with Crippen molar-refractivity contribution in [1.29, 1.82) is 5.26 Å². The van der Waals surface area contributed by atoms with Crippen molar-refractivity contribution in [2.45, 2.75) is 25.7 Å². The van der Waals surface area contributed by atoms with Gasteiger partial charge >= 0.3 is 0 Å². The van der Waals surface area contributed by atoms with Crippen LogP contribution in [0.1, 0.15) is 24.8 Å². The van der Waals surface area contributed by atoms with E-state index in [1.54, 1.807) is 7.05 Å². The summed E-state index contributed by atoms with van der Waals surface area (Å²) in [5.74, 6) is 0.525. The van der Waals surface area contributed by atoms with Crippen LogP contribution in [0.25, 0.3) is 0 Å². The van der Waals surface area contributed by atoms with Gasteiger partial charge in [0.1, 0.15) is 0 Å². The zero-order valence-electron chi connectivity index (χ0n) is 11.1. The predicted molar refractivity (Wildman–Crippen MR) is 79.1 cm³/mol. The van der Waals surface area contributed by atoms with Crippen LogP contribution < -0.4 is 10.6 Å². The summed E-state index contributed by atoms with van der Waals surface area (Å²) in [6.45, 7) is 0.816. The maximum Gasteiger partial charge on any atom is 0.204 e. The van der Waals surface area contributed by atoms with Crippen LogP contribution >= 0.6 is 11.6 Å². The van der Waals surface area contributed by atoms with Gasteiger partial charge in [-0.1, -0.05) is 30.2 Å². The molecule has 1 rings (SSSR count). The molecule has 0 radical (unpaired) electrons. The van der Waals surface area contributed by atoms with Crippen molar-refractivity contribution in [3.8, 4) is 6.19 Å². The highest BCUT2D eigenvalue weighted by Crippen LogP contribution is 2.13. The molecule has 0 atom stereocenters. The summed E-state index contributed by atoms with van der Waals surface area (Å²) >= 11 is 5.93. The lowest BCUT2D eigenvalue weighted by molar-refractivity contribution is 0.660. The molecular formula is C14H19ClN4. The minimum Gasteiger partial charge on any atom is -0.356 e. The fraction of sp³-hybridized carbons (Fsp3) is 0.429. The molecule has 1 aromatic rings. The third kappa shape index (κ3) is 6.68. The van der Waals surface area contributed by atoms with Crippen LogP contribution in [0.3, 0.4) is 0 Å². The molecule has 0 bridgehead atoms. The fourth-order valence-electron chi connectivity index (χ4n) is 1.76. The van der Waals surface area contributed by atoms with Crippen LogP contribution in [-0.4, -0.2) is 19.6 Å². The molecule has 4 nitrogen and oxygen atoms in total. The third-order valence-corrected chi connectivity index (χ3v) is 2.96. The average Bonchev–Trinajstić information content (AvgIpc) is 2.41. The van der Waals surface area contributed by atoms with Gasteiger partial charge in [0.15, 0.2) is 6.19 Å². The number of aliphatic imine (C=N–C) groups is 1. The van der Waals surface area contributed by atoms with E-state index in [4.69, 9.17) is 16.9 Å². The Labute approximate surface area is 119 Å². The van der Waals surface area contributed by atoms with Crippen LogP contribution in [0, 0.1) is 11.5 Å². The molecule has 5 heteroatoms. The molecule has 0 saturated heterocycles. The Balaban J connectivity index is 2.10. The molecule has 0 aliphatic carbocycles. The number of benzene rings is 1. The molecule has 0 heterocycles. The highest BCUT2D eigenvalue weighted by Gasteiger charge is 1.97. The quantitative estimate of drug-likeness (QED) is 0.277. The monoisotopic (exact) mass is 278 g/mol. The Morgan fingerprint density at radius 2 is 2.21 bits per heavy atom. The number of nitriles is 1. The second-order valence-electron chi connectivity index (χ2n) is 4.18. The molecule has 0 saturated carbocycles. The van der Waals surface area contributed by atoms with Crippen molar-refractivity contribution in [3.63, 3.8) is 0 Å². The Kier molecular flexibility index (Phi) is 7.45. The number of nitrogens with zero attached hydrogens (tertiary/aromatic N) is 2. The molecule has 0 amide bonds. The molecule has 0 aliphatic heterocycles. The van der Waals surface area contributed by atoms with Crippen molar-refractivity contribution >= 4 is 17.6 Å². The number of halogens is 1. The lowest BCUT2D eigenvalue weighted by Crippen LogP contribution is -2.34. The standard InChI is InChI=1S/C14H19ClN4/c1-17-14(19-11-16)18-9-4-2-3-6-12-7-5-8-13(15)10-12/h5,7-8,10H,2-4,6,9H2,1H3,(H2,17,18,19). The lowest BCUT2D eigenvalue weighted by atomic mass is 10.1. The van der Waals surface area contributed by atoms with E-state index in [1.165, 1.54) is 5.56 Å². The molecule has 2 N–H and O–H groups in total. The van der Waals surface area contributed by atoms with E-state index in [1.807, 2.05) is 24.4 Å². The molecule has 102 valence electrons. The topological polar surface area (TPSA) is 60.2 Å². The largest absolute Gasteiger partial charge is 0.356 e. The molecule has 0 unspecified atom stereocenters. The zero-order valence-corrected chi connectivity index (χ0v) is 11.9. The Hall–Kier alpha value is -1.73. The first-order chi connectivity index (χ1) is 9.26. The van der Waals surface area contributed by atoms with E-state index in [9.17, 15) is 0 Å². The Morgan fingerprint density at radius 3 is 2.89 bits per heavy atom. The Morgan fingerprint density at radius 1 is 1.37 bits per heavy atom. The van der Waals surface area contributed by atoms with Gasteiger partial charge in [0.25, 0.3) is 0 Å². The average molecular weight is 279 g/mol. The van der Waals surface area contributed by atoms with E-state index >= 15 is 0 Å². The summed E-state index contributed by atoms with van der Waals surface area (Å²) in [6, 6.07) is 7.99. The summed E-state index contributed by atoms with van der Waals surface area (Å²) in [5, 5.41) is 14.8. The number of hydrogen-bond acceptors (Lipinski definition) is 2. The van der Waals surface area contributed by atoms with E-state index in [2.05, 4.69) is 21.7 Å². The van der Waals surface area contributed by atoms with Gasteiger partial charge in [-0.05, 0) is 37.0 Å². The van der Waals surface area contributed by atoms with Crippen LogP contribution in [0.5, 0.6) is 0 Å². The number of guanidine groups is 1. The number of hydrogen-bond donors (Lipinski definition) is 2. The van der Waals surface area contributed by atoms with Crippen molar-refractivity contribution in [2.75, 3.05) is 13.6 Å². The van der Waals surface area contributed by atoms with E-state index in [0.29, 0.717) is 5.96 Å². The summed E-state index contributed by atoms with van der Waals surface area (Å²) in [7, 11) is 1.64. The normalized spacial score (nSPS) is 10.9. The maximum atomic E-state index is 8.46. The van der Waals surface area contributed by atoms with Crippen LogP contribution in [0.4, 0.5) is 0 Å². The molecule has 0 aromatic heterocycles. The fourth-order valence-corrected chi connectivity index (χ4v) is 1.98. The number of rotatable bonds is 6. The highest BCUT2D eigenvalue weighted by molar-refractivity contribution is 6.30. The molecule has 0 fully saturated rings. The minimum atomic E-state index is 0.525. The number of aryl methyl sites for hydroxylation is 1. The minimum absolute atomic E-state index is 0.525. The summed E-state index contributed by atoms with van der Waals surface area (Å²) in [6.07, 6.45) is 6.20. The molecule has 19 heavy (non-hydrogen) atoms. The SMILES string of the molecule is CN=C(NC#N)NCCCCCc1cccc(Cl)c1. The van der Waals surface area contributed by atoms with Gasteiger partial charge < -0.3 is 5.32 Å². The van der Waals surface area contributed by atoms with Crippen molar-refractivity contribution in [1.82, 2.24) is 10.6 Å².